The fourth-order valence-electron chi connectivity index (χ4n) is 0.976. The Labute approximate surface area is 77.6 Å². The maximum Gasteiger partial charge on any atom is 0.126 e. The molecule has 0 saturated carbocycles. The largest absolute Gasteiger partial charge is 0.496 e. The summed E-state index contributed by atoms with van der Waals surface area (Å²) < 4.78 is 5.15. The number of rotatable bonds is 3. The number of para-hydroxylation sites is 1. The van der Waals surface area contributed by atoms with Gasteiger partial charge in [0.15, 0.2) is 0 Å². The van der Waals surface area contributed by atoms with Crippen LogP contribution in [0.2, 0.25) is 0 Å². The monoisotopic (exact) mass is 182 g/mol. The summed E-state index contributed by atoms with van der Waals surface area (Å²) in [5, 5.41) is 0. The quantitative estimate of drug-likeness (QED) is 0.654. The summed E-state index contributed by atoms with van der Waals surface area (Å²) in [5.74, 6) is 1.40. The third kappa shape index (κ3) is 2.28. The highest BCUT2D eigenvalue weighted by Crippen LogP contribution is 2.18. The zero-order chi connectivity index (χ0) is 8.81. The van der Waals surface area contributed by atoms with E-state index in [1.54, 1.807) is 7.11 Å². The maximum absolute atomic E-state index is 5.52. The smallest absolute Gasteiger partial charge is 0.126 e. The Morgan fingerprint density at radius 1 is 1.42 bits per heavy atom. The van der Waals surface area contributed by atoms with Crippen molar-refractivity contribution >= 4 is 17.7 Å². The molecule has 0 amide bonds. The van der Waals surface area contributed by atoms with E-state index >= 15 is 0 Å². The first-order valence-electron chi connectivity index (χ1n) is 3.74. The van der Waals surface area contributed by atoms with Crippen molar-refractivity contribution in [3.63, 3.8) is 0 Å². The first-order valence-corrected chi connectivity index (χ1v) is 4.27. The third-order valence-electron chi connectivity index (χ3n) is 1.53. The van der Waals surface area contributed by atoms with Gasteiger partial charge in [0.25, 0.3) is 0 Å². The van der Waals surface area contributed by atoms with Gasteiger partial charge in [-0.3, -0.25) is 0 Å². The number of halogens is 1. The summed E-state index contributed by atoms with van der Waals surface area (Å²) >= 11 is 5.52. The van der Waals surface area contributed by atoms with Crippen LogP contribution in [0.4, 0.5) is 0 Å². The van der Waals surface area contributed by atoms with E-state index < -0.39 is 0 Å². The minimum atomic E-state index is 0.526. The predicted octanol–water partition coefficient (Wildman–Crippen LogP) is 2.95. The van der Waals surface area contributed by atoms with Crippen LogP contribution in [0, 0.1) is 0 Å². The van der Waals surface area contributed by atoms with Crippen LogP contribution in [0.3, 0.4) is 0 Å². The molecule has 64 valence electrons. The van der Waals surface area contributed by atoms with E-state index in [0.29, 0.717) is 5.88 Å². The van der Waals surface area contributed by atoms with Gasteiger partial charge in [0.2, 0.25) is 0 Å². The van der Waals surface area contributed by atoms with Crippen molar-refractivity contribution in [3.05, 3.63) is 35.9 Å². The SMILES string of the molecule is COc1ccccc1/C=C/CCl. The molecule has 0 aliphatic heterocycles. The van der Waals surface area contributed by atoms with E-state index in [1.807, 2.05) is 36.4 Å². The van der Waals surface area contributed by atoms with Gasteiger partial charge >= 0.3 is 0 Å². The summed E-state index contributed by atoms with van der Waals surface area (Å²) in [6.07, 6.45) is 3.84. The molecule has 1 aromatic rings. The second-order valence-electron chi connectivity index (χ2n) is 2.30. The van der Waals surface area contributed by atoms with Gasteiger partial charge in [-0.25, -0.2) is 0 Å². The van der Waals surface area contributed by atoms with Crippen molar-refractivity contribution in [1.82, 2.24) is 0 Å². The Bertz CT molecular complexity index is 268. The van der Waals surface area contributed by atoms with Gasteiger partial charge in [0.05, 0.1) is 7.11 Å². The first-order chi connectivity index (χ1) is 5.88. The number of hydrogen-bond acceptors (Lipinski definition) is 1. The number of hydrogen-bond donors (Lipinski definition) is 0. The first kappa shape index (κ1) is 9.14. The Kier molecular flexibility index (Phi) is 3.68. The summed E-state index contributed by atoms with van der Waals surface area (Å²) in [6, 6.07) is 7.82. The van der Waals surface area contributed by atoms with Crippen LogP contribution in [0.25, 0.3) is 6.08 Å². The lowest BCUT2D eigenvalue weighted by atomic mass is 10.2. The van der Waals surface area contributed by atoms with Crippen molar-refractivity contribution in [2.24, 2.45) is 0 Å². The lowest BCUT2D eigenvalue weighted by Crippen LogP contribution is -1.85. The number of benzene rings is 1. The lowest BCUT2D eigenvalue weighted by Gasteiger charge is -2.02. The highest BCUT2D eigenvalue weighted by molar-refractivity contribution is 6.19. The second kappa shape index (κ2) is 4.83. The molecule has 0 radical (unpaired) electrons. The molecule has 0 spiro atoms. The van der Waals surface area contributed by atoms with Crippen molar-refractivity contribution < 1.29 is 4.74 Å². The van der Waals surface area contributed by atoms with Gasteiger partial charge in [-0.15, -0.1) is 11.6 Å². The normalized spacial score (nSPS) is 10.5. The molecule has 0 heterocycles. The van der Waals surface area contributed by atoms with Gasteiger partial charge in [-0.1, -0.05) is 30.4 Å². The second-order valence-corrected chi connectivity index (χ2v) is 2.61. The molecular formula is C10H11ClO. The van der Waals surface area contributed by atoms with Crippen LogP contribution in [0.1, 0.15) is 5.56 Å². The Hall–Kier alpha value is -0.950. The zero-order valence-electron chi connectivity index (χ0n) is 6.96. The molecule has 0 aliphatic rings. The number of methoxy groups -OCH3 is 1. The molecule has 1 nitrogen and oxygen atoms in total. The van der Waals surface area contributed by atoms with E-state index in [2.05, 4.69) is 0 Å². The van der Waals surface area contributed by atoms with Crippen molar-refractivity contribution in [1.29, 1.82) is 0 Å². The molecule has 0 aliphatic carbocycles. The molecule has 0 atom stereocenters. The van der Waals surface area contributed by atoms with Crippen LogP contribution in [-0.2, 0) is 0 Å². The van der Waals surface area contributed by atoms with Crippen LogP contribution < -0.4 is 4.74 Å². The zero-order valence-corrected chi connectivity index (χ0v) is 7.71. The van der Waals surface area contributed by atoms with Crippen LogP contribution in [-0.4, -0.2) is 13.0 Å². The average Bonchev–Trinajstić information content (AvgIpc) is 2.15. The number of alkyl halides is 1. The summed E-state index contributed by atoms with van der Waals surface area (Å²) in [4.78, 5) is 0. The standard InChI is InChI=1S/C10H11ClO/c1-12-10-7-3-2-5-9(10)6-4-8-11/h2-7H,8H2,1H3/b6-4+. The molecular weight excluding hydrogens is 172 g/mol. The van der Waals surface area contributed by atoms with E-state index in [-0.39, 0.29) is 0 Å². The van der Waals surface area contributed by atoms with Crippen LogP contribution in [0.15, 0.2) is 30.3 Å². The lowest BCUT2D eigenvalue weighted by molar-refractivity contribution is 0.414. The topological polar surface area (TPSA) is 9.23 Å². The Morgan fingerprint density at radius 3 is 2.83 bits per heavy atom. The van der Waals surface area contributed by atoms with Gasteiger partial charge in [0, 0.05) is 11.4 Å². The van der Waals surface area contributed by atoms with E-state index in [4.69, 9.17) is 16.3 Å². The maximum atomic E-state index is 5.52. The highest BCUT2D eigenvalue weighted by Gasteiger charge is 1.94. The summed E-state index contributed by atoms with van der Waals surface area (Å²) in [5.41, 5.74) is 1.06. The van der Waals surface area contributed by atoms with Crippen molar-refractivity contribution in [3.8, 4) is 5.75 Å². The van der Waals surface area contributed by atoms with Gasteiger partial charge in [0.1, 0.15) is 5.75 Å². The Balaban J connectivity index is 2.89. The summed E-state index contributed by atoms with van der Waals surface area (Å²) in [7, 11) is 1.66. The summed E-state index contributed by atoms with van der Waals surface area (Å²) in [6.45, 7) is 0. The van der Waals surface area contributed by atoms with E-state index in [9.17, 15) is 0 Å². The predicted molar refractivity (Wildman–Crippen MR) is 52.7 cm³/mol. The van der Waals surface area contributed by atoms with Crippen molar-refractivity contribution in [2.45, 2.75) is 0 Å². The van der Waals surface area contributed by atoms with E-state index in [0.717, 1.165) is 11.3 Å². The molecule has 1 rings (SSSR count). The minimum absolute atomic E-state index is 0.526. The molecule has 0 aromatic heterocycles. The van der Waals surface area contributed by atoms with Crippen molar-refractivity contribution in [2.75, 3.05) is 13.0 Å². The van der Waals surface area contributed by atoms with E-state index in [1.165, 1.54) is 0 Å². The fourth-order valence-corrected chi connectivity index (χ4v) is 1.06. The number of ether oxygens (including phenoxy) is 1. The molecule has 0 fully saturated rings. The molecule has 12 heavy (non-hydrogen) atoms. The minimum Gasteiger partial charge on any atom is -0.496 e. The number of allylic oxidation sites excluding steroid dienone is 1. The molecule has 1 aromatic carbocycles. The molecule has 0 bridgehead atoms. The fraction of sp³-hybridized carbons (Fsp3) is 0.200. The highest BCUT2D eigenvalue weighted by atomic mass is 35.5. The molecule has 0 saturated heterocycles. The Morgan fingerprint density at radius 2 is 2.17 bits per heavy atom. The van der Waals surface area contributed by atoms with Crippen LogP contribution in [0.5, 0.6) is 5.75 Å². The molecule has 2 heteroatoms. The van der Waals surface area contributed by atoms with Crippen LogP contribution >= 0.6 is 11.6 Å². The average molecular weight is 183 g/mol. The van der Waals surface area contributed by atoms with Gasteiger partial charge < -0.3 is 4.74 Å². The molecule has 0 N–H and O–H groups in total. The molecule has 0 unspecified atom stereocenters. The van der Waals surface area contributed by atoms with Gasteiger partial charge in [-0.2, -0.15) is 0 Å². The third-order valence-corrected chi connectivity index (χ3v) is 1.70. The van der Waals surface area contributed by atoms with Gasteiger partial charge in [-0.05, 0) is 6.07 Å².